The van der Waals surface area contributed by atoms with Crippen molar-refractivity contribution in [3.8, 4) is 17.0 Å². The number of methoxy groups -OCH3 is 1. The fraction of sp³-hybridized carbons (Fsp3) is 0.0952. The molecule has 2 aromatic carbocycles. The first kappa shape index (κ1) is 16.8. The molecule has 0 unspecified atom stereocenters. The second kappa shape index (κ2) is 6.92. The number of aryl methyl sites for hydroxylation is 1. The average molecular weight is 358 g/mol. The van der Waals surface area contributed by atoms with Crippen LogP contribution in [0.5, 0.6) is 5.75 Å². The second-order valence-electron chi connectivity index (χ2n) is 6.14. The van der Waals surface area contributed by atoms with Crippen LogP contribution in [0.3, 0.4) is 0 Å². The molecule has 0 atom stereocenters. The standard InChI is InChI=1S/C21H18N4O2/c1-14-8-9-15(18-13-25-11-5-10-22-21(25)24-18)12-17(14)23-20(26)16-6-3-4-7-19(16)27-2/h3-13H,1-2H3,(H,23,26). The molecule has 0 fully saturated rings. The number of anilines is 1. The van der Waals surface area contributed by atoms with Crippen LogP contribution in [0.4, 0.5) is 5.69 Å². The number of carbonyl (C=O) groups is 1. The van der Waals surface area contributed by atoms with E-state index in [0.29, 0.717) is 17.1 Å². The molecular formula is C21H18N4O2. The van der Waals surface area contributed by atoms with E-state index in [1.165, 1.54) is 0 Å². The van der Waals surface area contributed by atoms with Gasteiger partial charge in [0, 0.05) is 29.8 Å². The highest BCUT2D eigenvalue weighted by Crippen LogP contribution is 2.26. The van der Waals surface area contributed by atoms with E-state index in [4.69, 9.17) is 4.74 Å². The molecule has 6 nitrogen and oxygen atoms in total. The van der Waals surface area contributed by atoms with Gasteiger partial charge in [0.25, 0.3) is 5.91 Å². The van der Waals surface area contributed by atoms with Gasteiger partial charge in [-0.1, -0.05) is 24.3 Å². The number of imidazole rings is 1. The van der Waals surface area contributed by atoms with E-state index in [9.17, 15) is 4.79 Å². The van der Waals surface area contributed by atoms with Gasteiger partial charge in [0.1, 0.15) is 5.75 Å². The first-order valence-electron chi connectivity index (χ1n) is 8.51. The summed E-state index contributed by atoms with van der Waals surface area (Å²) < 4.78 is 7.14. The Kier molecular flexibility index (Phi) is 4.30. The number of rotatable bonds is 4. The van der Waals surface area contributed by atoms with E-state index in [1.807, 2.05) is 60.1 Å². The normalized spacial score (nSPS) is 10.7. The third-order valence-electron chi connectivity index (χ3n) is 4.37. The van der Waals surface area contributed by atoms with Crippen LogP contribution in [0.2, 0.25) is 0 Å². The predicted molar refractivity (Wildman–Crippen MR) is 104 cm³/mol. The fourth-order valence-electron chi connectivity index (χ4n) is 2.91. The summed E-state index contributed by atoms with van der Waals surface area (Å²) in [6, 6.07) is 14.9. The van der Waals surface area contributed by atoms with Gasteiger partial charge in [-0.05, 0) is 36.8 Å². The zero-order valence-electron chi connectivity index (χ0n) is 15.0. The van der Waals surface area contributed by atoms with Crippen molar-refractivity contribution >= 4 is 17.4 Å². The van der Waals surface area contributed by atoms with E-state index < -0.39 is 0 Å². The third-order valence-corrected chi connectivity index (χ3v) is 4.37. The molecule has 4 aromatic rings. The van der Waals surface area contributed by atoms with Crippen LogP contribution < -0.4 is 10.1 Å². The molecule has 0 aliphatic heterocycles. The lowest BCUT2D eigenvalue weighted by Gasteiger charge is -2.12. The Morgan fingerprint density at radius 2 is 2.00 bits per heavy atom. The number of nitrogens with zero attached hydrogens (tertiary/aromatic N) is 3. The summed E-state index contributed by atoms with van der Waals surface area (Å²) in [4.78, 5) is 21.5. The van der Waals surface area contributed by atoms with Crippen molar-refractivity contribution in [2.75, 3.05) is 12.4 Å². The summed E-state index contributed by atoms with van der Waals surface area (Å²) in [6.07, 6.45) is 5.52. The fourth-order valence-corrected chi connectivity index (χ4v) is 2.91. The van der Waals surface area contributed by atoms with Crippen LogP contribution >= 0.6 is 0 Å². The maximum atomic E-state index is 12.7. The molecule has 0 aliphatic rings. The second-order valence-corrected chi connectivity index (χ2v) is 6.14. The molecule has 1 N–H and O–H groups in total. The Balaban J connectivity index is 1.67. The number of ether oxygens (including phenoxy) is 1. The van der Waals surface area contributed by atoms with Gasteiger partial charge < -0.3 is 10.1 Å². The predicted octanol–water partition coefficient (Wildman–Crippen LogP) is 3.97. The smallest absolute Gasteiger partial charge is 0.259 e. The molecule has 6 heteroatoms. The van der Waals surface area contributed by atoms with Crippen LogP contribution in [0.25, 0.3) is 17.0 Å². The summed E-state index contributed by atoms with van der Waals surface area (Å²) in [7, 11) is 1.55. The van der Waals surface area contributed by atoms with Gasteiger partial charge in [-0.25, -0.2) is 9.97 Å². The molecule has 0 bridgehead atoms. The van der Waals surface area contributed by atoms with Gasteiger partial charge >= 0.3 is 0 Å². The van der Waals surface area contributed by atoms with Gasteiger partial charge in [-0.2, -0.15) is 0 Å². The molecule has 4 rings (SSSR count). The molecule has 0 spiro atoms. The van der Waals surface area contributed by atoms with E-state index in [-0.39, 0.29) is 5.91 Å². The summed E-state index contributed by atoms with van der Waals surface area (Å²) in [6.45, 7) is 1.95. The zero-order chi connectivity index (χ0) is 18.8. The van der Waals surface area contributed by atoms with E-state index in [2.05, 4.69) is 15.3 Å². The Hall–Kier alpha value is -3.67. The van der Waals surface area contributed by atoms with Crippen LogP contribution in [-0.4, -0.2) is 27.4 Å². The molecule has 2 aromatic heterocycles. The SMILES string of the molecule is COc1ccccc1C(=O)Nc1cc(-c2cn3cccnc3n2)ccc1C. The number of fused-ring (bicyclic) bond motifs is 1. The molecule has 1 amide bonds. The minimum absolute atomic E-state index is 0.218. The lowest BCUT2D eigenvalue weighted by molar-refractivity contribution is 0.102. The number of carbonyl (C=O) groups excluding carboxylic acids is 1. The lowest BCUT2D eigenvalue weighted by atomic mass is 10.1. The van der Waals surface area contributed by atoms with Crippen molar-refractivity contribution in [3.05, 3.63) is 78.2 Å². The summed E-state index contributed by atoms with van der Waals surface area (Å²) >= 11 is 0. The van der Waals surface area contributed by atoms with Gasteiger partial charge in [-0.15, -0.1) is 0 Å². The quantitative estimate of drug-likeness (QED) is 0.599. The Morgan fingerprint density at radius 3 is 2.81 bits per heavy atom. The molecule has 2 heterocycles. The molecule has 27 heavy (non-hydrogen) atoms. The van der Waals surface area contributed by atoms with Crippen LogP contribution in [0.1, 0.15) is 15.9 Å². The van der Waals surface area contributed by atoms with Crippen molar-refractivity contribution in [2.45, 2.75) is 6.92 Å². The van der Waals surface area contributed by atoms with Crippen molar-refractivity contribution in [2.24, 2.45) is 0 Å². The number of aromatic nitrogens is 3. The molecule has 0 saturated carbocycles. The molecule has 134 valence electrons. The third kappa shape index (κ3) is 3.25. The number of nitrogens with one attached hydrogen (secondary N) is 1. The summed E-state index contributed by atoms with van der Waals surface area (Å²) in [5.74, 6) is 0.951. The van der Waals surface area contributed by atoms with Crippen LogP contribution in [-0.2, 0) is 0 Å². The highest BCUT2D eigenvalue weighted by Gasteiger charge is 2.14. The minimum atomic E-state index is -0.218. The average Bonchev–Trinajstić information content (AvgIpc) is 3.13. The van der Waals surface area contributed by atoms with Crippen LogP contribution in [0, 0.1) is 6.92 Å². The number of hydrogen-bond donors (Lipinski definition) is 1. The minimum Gasteiger partial charge on any atom is -0.496 e. The van der Waals surface area contributed by atoms with Gasteiger partial charge in [0.05, 0.1) is 18.4 Å². The summed E-state index contributed by atoms with van der Waals surface area (Å²) in [5.41, 5.74) is 3.88. The highest BCUT2D eigenvalue weighted by atomic mass is 16.5. The Morgan fingerprint density at radius 1 is 1.15 bits per heavy atom. The molecular weight excluding hydrogens is 340 g/mol. The van der Waals surface area contributed by atoms with Gasteiger partial charge in [0.2, 0.25) is 5.78 Å². The molecule has 0 saturated heterocycles. The maximum Gasteiger partial charge on any atom is 0.259 e. The molecule has 0 aliphatic carbocycles. The zero-order valence-corrected chi connectivity index (χ0v) is 15.0. The highest BCUT2D eigenvalue weighted by molar-refractivity contribution is 6.06. The van der Waals surface area contributed by atoms with Crippen molar-refractivity contribution in [1.29, 1.82) is 0 Å². The lowest BCUT2D eigenvalue weighted by Crippen LogP contribution is -2.14. The number of hydrogen-bond acceptors (Lipinski definition) is 4. The van der Waals surface area contributed by atoms with Gasteiger partial charge in [0.15, 0.2) is 0 Å². The first-order chi connectivity index (χ1) is 13.2. The topological polar surface area (TPSA) is 68.5 Å². The number of para-hydroxylation sites is 1. The van der Waals surface area contributed by atoms with E-state index in [0.717, 1.165) is 22.5 Å². The number of benzene rings is 2. The largest absolute Gasteiger partial charge is 0.496 e. The van der Waals surface area contributed by atoms with Crippen LogP contribution in [0.15, 0.2) is 67.1 Å². The Labute approximate surface area is 156 Å². The Bertz CT molecular complexity index is 1100. The first-order valence-corrected chi connectivity index (χ1v) is 8.51. The molecule has 0 radical (unpaired) electrons. The monoisotopic (exact) mass is 358 g/mol. The van der Waals surface area contributed by atoms with Crippen molar-refractivity contribution < 1.29 is 9.53 Å². The van der Waals surface area contributed by atoms with Crippen molar-refractivity contribution in [1.82, 2.24) is 14.4 Å². The summed E-state index contributed by atoms with van der Waals surface area (Å²) in [5, 5.41) is 2.98. The van der Waals surface area contributed by atoms with Gasteiger partial charge in [-0.3, -0.25) is 9.20 Å². The van der Waals surface area contributed by atoms with E-state index in [1.54, 1.807) is 25.4 Å². The number of amides is 1. The van der Waals surface area contributed by atoms with Crippen molar-refractivity contribution in [3.63, 3.8) is 0 Å². The van der Waals surface area contributed by atoms with E-state index >= 15 is 0 Å². The maximum absolute atomic E-state index is 12.7.